The van der Waals surface area contributed by atoms with E-state index >= 15 is 0 Å². The predicted molar refractivity (Wildman–Crippen MR) is 74.7 cm³/mol. The molecule has 0 fully saturated rings. The van der Waals surface area contributed by atoms with Gasteiger partial charge in [0.15, 0.2) is 0 Å². The molecule has 1 N–H and O–H groups in total. The number of likely N-dealkylation sites (N-methyl/N-ethyl adjacent to an activating group) is 1. The number of rotatable bonds is 4. The molecule has 98 valence electrons. The van der Waals surface area contributed by atoms with Gasteiger partial charge in [0.1, 0.15) is 0 Å². The van der Waals surface area contributed by atoms with Gasteiger partial charge < -0.3 is 9.88 Å². The molecule has 0 saturated heterocycles. The Bertz CT molecular complexity index is 682. The summed E-state index contributed by atoms with van der Waals surface area (Å²) < 4.78 is 4.00. The molecule has 5 heteroatoms. The molecule has 1 unspecified atom stereocenters. The molecule has 0 aliphatic heterocycles. The van der Waals surface area contributed by atoms with Crippen molar-refractivity contribution in [2.24, 2.45) is 7.05 Å². The molecule has 2 aromatic heterocycles. The van der Waals surface area contributed by atoms with Crippen LogP contribution in [-0.2, 0) is 13.6 Å². The molecule has 0 spiro atoms. The number of aryl methyl sites for hydroxylation is 1. The topological polar surface area (TPSA) is 47.7 Å². The number of nitrogens with one attached hydrogen (secondary N) is 1. The van der Waals surface area contributed by atoms with Crippen molar-refractivity contribution >= 4 is 11.0 Å². The normalized spacial score (nSPS) is 12.9. The fourth-order valence-corrected chi connectivity index (χ4v) is 2.34. The zero-order valence-electron chi connectivity index (χ0n) is 11.1. The van der Waals surface area contributed by atoms with Gasteiger partial charge in [0.2, 0.25) is 0 Å². The molecule has 0 bridgehead atoms. The summed E-state index contributed by atoms with van der Waals surface area (Å²) in [4.78, 5) is 4.42. The van der Waals surface area contributed by atoms with Crippen LogP contribution >= 0.6 is 0 Å². The number of hydrogen-bond donors (Lipinski definition) is 1. The first-order valence-corrected chi connectivity index (χ1v) is 6.33. The summed E-state index contributed by atoms with van der Waals surface area (Å²) in [5, 5.41) is 7.56. The standard InChI is InChI=1S/C14H17N5/c1-15-13(11-7-17-18(2)8-11)9-19-10-16-12-5-3-4-6-14(12)19/h3-8,10,13,15H,9H2,1-2H3. The van der Waals surface area contributed by atoms with Gasteiger partial charge in [-0.25, -0.2) is 4.98 Å². The number of benzene rings is 1. The van der Waals surface area contributed by atoms with E-state index in [9.17, 15) is 0 Å². The first-order valence-electron chi connectivity index (χ1n) is 6.33. The minimum absolute atomic E-state index is 0.228. The van der Waals surface area contributed by atoms with Gasteiger partial charge in [-0.2, -0.15) is 5.10 Å². The minimum Gasteiger partial charge on any atom is -0.329 e. The summed E-state index contributed by atoms with van der Waals surface area (Å²) in [5.41, 5.74) is 3.37. The largest absolute Gasteiger partial charge is 0.329 e. The maximum atomic E-state index is 4.42. The van der Waals surface area contributed by atoms with Gasteiger partial charge in [-0.15, -0.1) is 0 Å². The second kappa shape index (κ2) is 4.85. The zero-order chi connectivity index (χ0) is 13.2. The zero-order valence-corrected chi connectivity index (χ0v) is 11.1. The summed E-state index contributed by atoms with van der Waals surface area (Å²) >= 11 is 0. The molecule has 0 saturated carbocycles. The second-order valence-corrected chi connectivity index (χ2v) is 4.67. The molecule has 0 aliphatic carbocycles. The lowest BCUT2D eigenvalue weighted by molar-refractivity contribution is 0.507. The third-order valence-corrected chi connectivity index (χ3v) is 3.38. The summed E-state index contributed by atoms with van der Waals surface area (Å²) in [5.74, 6) is 0. The highest BCUT2D eigenvalue weighted by atomic mass is 15.2. The van der Waals surface area contributed by atoms with Crippen LogP contribution in [0.2, 0.25) is 0 Å². The first kappa shape index (κ1) is 11.9. The fraction of sp³-hybridized carbons (Fsp3) is 0.286. The van der Waals surface area contributed by atoms with E-state index in [1.165, 1.54) is 5.56 Å². The Labute approximate surface area is 111 Å². The molecule has 5 nitrogen and oxygen atoms in total. The number of fused-ring (bicyclic) bond motifs is 1. The highest BCUT2D eigenvalue weighted by molar-refractivity contribution is 5.74. The van der Waals surface area contributed by atoms with Crippen LogP contribution in [0.4, 0.5) is 0 Å². The Morgan fingerprint density at radius 1 is 1.32 bits per heavy atom. The van der Waals surface area contributed by atoms with Crippen LogP contribution in [0.1, 0.15) is 11.6 Å². The number of para-hydroxylation sites is 2. The average molecular weight is 255 g/mol. The van der Waals surface area contributed by atoms with Gasteiger partial charge in [-0.3, -0.25) is 4.68 Å². The van der Waals surface area contributed by atoms with E-state index in [1.54, 1.807) is 0 Å². The van der Waals surface area contributed by atoms with Crippen LogP contribution in [-0.4, -0.2) is 26.4 Å². The molecule has 2 heterocycles. The molecule has 3 rings (SSSR count). The number of aromatic nitrogens is 4. The molecule has 1 atom stereocenters. The third kappa shape index (κ3) is 2.24. The average Bonchev–Trinajstić information content (AvgIpc) is 3.03. The quantitative estimate of drug-likeness (QED) is 0.772. The van der Waals surface area contributed by atoms with Crippen LogP contribution in [0.3, 0.4) is 0 Å². The highest BCUT2D eigenvalue weighted by Gasteiger charge is 2.13. The maximum Gasteiger partial charge on any atom is 0.0958 e. The maximum absolute atomic E-state index is 4.42. The predicted octanol–water partition coefficient (Wildman–Crippen LogP) is 1.73. The molecule has 0 amide bonds. The Morgan fingerprint density at radius 2 is 2.16 bits per heavy atom. The Balaban J connectivity index is 1.90. The van der Waals surface area contributed by atoms with Crippen molar-refractivity contribution in [1.82, 2.24) is 24.6 Å². The van der Waals surface area contributed by atoms with E-state index in [0.29, 0.717) is 0 Å². The molecular weight excluding hydrogens is 238 g/mol. The van der Waals surface area contributed by atoms with Crippen molar-refractivity contribution in [2.75, 3.05) is 7.05 Å². The van der Waals surface area contributed by atoms with E-state index in [2.05, 4.69) is 26.0 Å². The summed E-state index contributed by atoms with van der Waals surface area (Å²) in [7, 11) is 3.90. The van der Waals surface area contributed by atoms with Crippen LogP contribution in [0.25, 0.3) is 11.0 Å². The third-order valence-electron chi connectivity index (χ3n) is 3.38. The summed E-state index contributed by atoms with van der Waals surface area (Å²) in [6.07, 6.45) is 5.84. The minimum atomic E-state index is 0.228. The van der Waals surface area contributed by atoms with Crippen LogP contribution in [0.5, 0.6) is 0 Å². The van der Waals surface area contributed by atoms with Crippen LogP contribution < -0.4 is 5.32 Å². The number of imidazole rings is 1. The first-order chi connectivity index (χ1) is 9.28. The smallest absolute Gasteiger partial charge is 0.0958 e. The molecular formula is C14H17N5. The van der Waals surface area contributed by atoms with Crippen molar-refractivity contribution in [3.05, 3.63) is 48.5 Å². The Kier molecular flexibility index (Phi) is 3.05. The lowest BCUT2D eigenvalue weighted by Crippen LogP contribution is -2.21. The van der Waals surface area contributed by atoms with Crippen molar-refractivity contribution in [1.29, 1.82) is 0 Å². The molecule has 0 radical (unpaired) electrons. The lowest BCUT2D eigenvalue weighted by Gasteiger charge is -2.15. The number of hydrogen-bond acceptors (Lipinski definition) is 3. The SMILES string of the molecule is CNC(Cn1cnc2ccccc21)c1cnn(C)c1. The van der Waals surface area contributed by atoms with Crippen molar-refractivity contribution in [2.45, 2.75) is 12.6 Å². The molecule has 0 aliphatic rings. The van der Waals surface area contributed by atoms with E-state index < -0.39 is 0 Å². The van der Waals surface area contributed by atoms with E-state index in [1.807, 2.05) is 55.7 Å². The van der Waals surface area contributed by atoms with E-state index in [4.69, 9.17) is 0 Å². The monoisotopic (exact) mass is 255 g/mol. The Hall–Kier alpha value is -2.14. The van der Waals surface area contributed by atoms with Crippen molar-refractivity contribution in [3.8, 4) is 0 Å². The van der Waals surface area contributed by atoms with Gasteiger partial charge in [0.25, 0.3) is 0 Å². The molecule has 19 heavy (non-hydrogen) atoms. The lowest BCUT2D eigenvalue weighted by atomic mass is 10.1. The van der Waals surface area contributed by atoms with Gasteiger partial charge in [0.05, 0.1) is 29.6 Å². The van der Waals surface area contributed by atoms with Crippen LogP contribution in [0, 0.1) is 0 Å². The van der Waals surface area contributed by atoms with Crippen molar-refractivity contribution in [3.63, 3.8) is 0 Å². The second-order valence-electron chi connectivity index (χ2n) is 4.67. The van der Waals surface area contributed by atoms with Crippen molar-refractivity contribution < 1.29 is 0 Å². The summed E-state index contributed by atoms with van der Waals surface area (Å²) in [6.45, 7) is 0.836. The molecule has 3 aromatic rings. The Morgan fingerprint density at radius 3 is 2.89 bits per heavy atom. The number of nitrogens with zero attached hydrogens (tertiary/aromatic N) is 4. The van der Waals surface area contributed by atoms with Gasteiger partial charge in [0, 0.05) is 25.4 Å². The summed E-state index contributed by atoms with van der Waals surface area (Å²) in [6, 6.07) is 8.41. The van der Waals surface area contributed by atoms with Crippen LogP contribution in [0.15, 0.2) is 43.0 Å². The van der Waals surface area contributed by atoms with E-state index in [-0.39, 0.29) is 6.04 Å². The molecule has 1 aromatic carbocycles. The fourth-order valence-electron chi connectivity index (χ4n) is 2.34. The van der Waals surface area contributed by atoms with Gasteiger partial charge in [-0.05, 0) is 19.2 Å². The van der Waals surface area contributed by atoms with Gasteiger partial charge in [-0.1, -0.05) is 12.1 Å². The highest BCUT2D eigenvalue weighted by Crippen LogP contribution is 2.18. The van der Waals surface area contributed by atoms with Gasteiger partial charge >= 0.3 is 0 Å². The van der Waals surface area contributed by atoms with E-state index in [0.717, 1.165) is 17.6 Å².